The van der Waals surface area contributed by atoms with E-state index in [1.54, 1.807) is 0 Å². The van der Waals surface area contributed by atoms with Crippen molar-refractivity contribution in [3.8, 4) is 0 Å². The molecule has 0 bridgehead atoms. The summed E-state index contributed by atoms with van der Waals surface area (Å²) < 4.78 is 0. The van der Waals surface area contributed by atoms with E-state index >= 15 is 0 Å². The maximum absolute atomic E-state index is 11.9. The molecule has 1 saturated heterocycles. The van der Waals surface area contributed by atoms with Crippen LogP contribution in [0.3, 0.4) is 0 Å². The first kappa shape index (κ1) is 15.7. The molecule has 0 aromatic heterocycles. The number of hydrogen-bond acceptors (Lipinski definition) is 2. The number of hydrogen-bond donors (Lipinski definition) is 2. The van der Waals surface area contributed by atoms with Crippen LogP contribution in [0.2, 0.25) is 0 Å². The molecular formula is C12H25ClN2O. The number of carbonyl (C=O) groups excluding carboxylic acids is 1. The fourth-order valence-electron chi connectivity index (χ4n) is 1.99. The number of rotatable bonds is 3. The minimum atomic E-state index is 0. The topological polar surface area (TPSA) is 41.1 Å². The van der Waals surface area contributed by atoms with Crippen molar-refractivity contribution in [1.29, 1.82) is 0 Å². The lowest BCUT2D eigenvalue weighted by atomic mass is 9.94. The predicted octanol–water partition coefficient (Wildman–Crippen LogP) is 1.96. The van der Waals surface area contributed by atoms with E-state index in [1.807, 2.05) is 0 Å². The van der Waals surface area contributed by atoms with E-state index in [0.717, 1.165) is 25.9 Å². The molecule has 4 heteroatoms. The maximum Gasteiger partial charge on any atom is 0.224 e. The van der Waals surface area contributed by atoms with Gasteiger partial charge >= 0.3 is 0 Å². The van der Waals surface area contributed by atoms with Crippen LogP contribution in [0.4, 0.5) is 0 Å². The Morgan fingerprint density at radius 3 is 2.56 bits per heavy atom. The van der Waals surface area contributed by atoms with Gasteiger partial charge in [0.15, 0.2) is 0 Å². The van der Waals surface area contributed by atoms with Crippen LogP contribution in [0.15, 0.2) is 0 Å². The zero-order valence-electron chi connectivity index (χ0n) is 10.8. The molecule has 16 heavy (non-hydrogen) atoms. The lowest BCUT2D eigenvalue weighted by Gasteiger charge is -2.22. The van der Waals surface area contributed by atoms with Crippen LogP contribution >= 0.6 is 12.4 Å². The number of carbonyl (C=O) groups is 1. The first-order valence-corrected chi connectivity index (χ1v) is 5.95. The van der Waals surface area contributed by atoms with Gasteiger partial charge in [0.05, 0.1) is 5.92 Å². The fourth-order valence-corrected chi connectivity index (χ4v) is 1.99. The standard InChI is InChI=1S/C12H24N2O.ClH/c1-5-10-9(6-7-13-10)11(15)14-8-12(2,3)4;/h9-10,13H,5-8H2,1-4H3,(H,14,15);1H. The molecule has 0 aliphatic carbocycles. The van der Waals surface area contributed by atoms with Crippen molar-refractivity contribution in [2.75, 3.05) is 13.1 Å². The molecule has 0 radical (unpaired) electrons. The van der Waals surface area contributed by atoms with Crippen LogP contribution in [0.5, 0.6) is 0 Å². The van der Waals surface area contributed by atoms with Crippen molar-refractivity contribution >= 4 is 18.3 Å². The highest BCUT2D eigenvalue weighted by molar-refractivity contribution is 5.85. The monoisotopic (exact) mass is 248 g/mol. The zero-order chi connectivity index (χ0) is 11.5. The summed E-state index contributed by atoms with van der Waals surface area (Å²) >= 11 is 0. The van der Waals surface area contributed by atoms with E-state index in [0.29, 0.717) is 6.04 Å². The largest absolute Gasteiger partial charge is 0.355 e. The highest BCUT2D eigenvalue weighted by Gasteiger charge is 2.31. The quantitative estimate of drug-likeness (QED) is 0.802. The second-order valence-electron chi connectivity index (χ2n) is 5.64. The van der Waals surface area contributed by atoms with Gasteiger partial charge in [0, 0.05) is 12.6 Å². The summed E-state index contributed by atoms with van der Waals surface area (Å²) in [6, 6.07) is 0.380. The molecule has 0 spiro atoms. The van der Waals surface area contributed by atoms with Gasteiger partial charge in [-0.2, -0.15) is 0 Å². The van der Waals surface area contributed by atoms with Gasteiger partial charge in [-0.25, -0.2) is 0 Å². The summed E-state index contributed by atoms with van der Waals surface area (Å²) in [4.78, 5) is 11.9. The Morgan fingerprint density at radius 1 is 1.44 bits per heavy atom. The Labute approximate surface area is 105 Å². The molecule has 2 N–H and O–H groups in total. The van der Waals surface area contributed by atoms with E-state index in [-0.39, 0.29) is 29.6 Å². The molecule has 2 atom stereocenters. The normalized spacial score (nSPS) is 25.0. The molecular weight excluding hydrogens is 224 g/mol. The molecule has 0 aromatic carbocycles. The van der Waals surface area contributed by atoms with Gasteiger partial charge in [-0.15, -0.1) is 12.4 Å². The van der Waals surface area contributed by atoms with E-state index in [1.165, 1.54) is 0 Å². The highest BCUT2D eigenvalue weighted by Crippen LogP contribution is 2.19. The molecule has 96 valence electrons. The number of nitrogens with one attached hydrogen (secondary N) is 2. The number of halogens is 1. The Bertz CT molecular complexity index is 226. The molecule has 1 fully saturated rings. The summed E-state index contributed by atoms with van der Waals surface area (Å²) in [5.41, 5.74) is 0.170. The van der Waals surface area contributed by atoms with Gasteiger partial charge in [0.1, 0.15) is 0 Å². The first-order valence-electron chi connectivity index (χ1n) is 5.95. The molecule has 0 aromatic rings. The summed E-state index contributed by atoms with van der Waals surface area (Å²) in [5, 5.41) is 6.42. The minimum absolute atomic E-state index is 0. The lowest BCUT2D eigenvalue weighted by Crippen LogP contribution is -2.41. The van der Waals surface area contributed by atoms with Crippen molar-refractivity contribution in [1.82, 2.24) is 10.6 Å². The van der Waals surface area contributed by atoms with Crippen LogP contribution in [-0.2, 0) is 4.79 Å². The lowest BCUT2D eigenvalue weighted by molar-refractivity contribution is -0.125. The average molecular weight is 249 g/mol. The van der Waals surface area contributed by atoms with E-state index in [2.05, 4.69) is 38.3 Å². The van der Waals surface area contributed by atoms with Gasteiger partial charge < -0.3 is 10.6 Å². The SMILES string of the molecule is CCC1NCCC1C(=O)NCC(C)(C)C.Cl. The molecule has 1 rings (SSSR count). The predicted molar refractivity (Wildman–Crippen MR) is 69.9 cm³/mol. The van der Waals surface area contributed by atoms with Gasteiger partial charge in [-0.05, 0) is 24.8 Å². The molecule has 0 saturated carbocycles. The summed E-state index contributed by atoms with van der Waals surface area (Å²) in [7, 11) is 0. The van der Waals surface area contributed by atoms with E-state index in [4.69, 9.17) is 0 Å². The number of amides is 1. The molecule has 1 heterocycles. The van der Waals surface area contributed by atoms with Crippen molar-refractivity contribution in [2.24, 2.45) is 11.3 Å². The Morgan fingerprint density at radius 2 is 2.06 bits per heavy atom. The summed E-state index contributed by atoms with van der Waals surface area (Å²) in [6.07, 6.45) is 2.02. The summed E-state index contributed by atoms with van der Waals surface area (Å²) in [5.74, 6) is 0.402. The van der Waals surface area contributed by atoms with Crippen LogP contribution in [0, 0.1) is 11.3 Å². The van der Waals surface area contributed by atoms with Gasteiger partial charge in [0.2, 0.25) is 5.91 Å². The second kappa shape index (κ2) is 6.45. The molecule has 1 aliphatic heterocycles. The van der Waals surface area contributed by atoms with E-state index < -0.39 is 0 Å². The minimum Gasteiger partial charge on any atom is -0.355 e. The summed E-state index contributed by atoms with van der Waals surface area (Å²) in [6.45, 7) is 10.3. The maximum atomic E-state index is 11.9. The van der Waals surface area contributed by atoms with Crippen molar-refractivity contribution in [3.05, 3.63) is 0 Å². The van der Waals surface area contributed by atoms with Gasteiger partial charge in [-0.1, -0.05) is 27.7 Å². The van der Waals surface area contributed by atoms with Crippen molar-refractivity contribution in [2.45, 2.75) is 46.6 Å². The average Bonchev–Trinajstić information content (AvgIpc) is 2.60. The molecule has 3 nitrogen and oxygen atoms in total. The van der Waals surface area contributed by atoms with Gasteiger partial charge in [-0.3, -0.25) is 4.79 Å². The van der Waals surface area contributed by atoms with Crippen LogP contribution < -0.4 is 10.6 Å². The third-order valence-corrected chi connectivity index (χ3v) is 2.92. The zero-order valence-corrected chi connectivity index (χ0v) is 11.6. The fraction of sp³-hybridized carbons (Fsp3) is 0.917. The molecule has 2 unspecified atom stereocenters. The highest BCUT2D eigenvalue weighted by atomic mass is 35.5. The Balaban J connectivity index is 0.00000225. The first-order chi connectivity index (χ1) is 6.94. The third kappa shape index (κ3) is 4.71. The molecule has 1 aliphatic rings. The third-order valence-electron chi connectivity index (χ3n) is 2.92. The van der Waals surface area contributed by atoms with Crippen LogP contribution in [-0.4, -0.2) is 25.0 Å². The Hall–Kier alpha value is -0.280. The smallest absolute Gasteiger partial charge is 0.224 e. The van der Waals surface area contributed by atoms with Crippen molar-refractivity contribution in [3.63, 3.8) is 0 Å². The second-order valence-corrected chi connectivity index (χ2v) is 5.64. The Kier molecular flexibility index (Phi) is 6.34. The molecule has 1 amide bonds. The van der Waals surface area contributed by atoms with E-state index in [9.17, 15) is 4.79 Å². The van der Waals surface area contributed by atoms with Crippen molar-refractivity contribution < 1.29 is 4.79 Å². The van der Waals surface area contributed by atoms with Gasteiger partial charge in [0.25, 0.3) is 0 Å². The van der Waals surface area contributed by atoms with Crippen LogP contribution in [0.25, 0.3) is 0 Å². The van der Waals surface area contributed by atoms with Crippen LogP contribution in [0.1, 0.15) is 40.5 Å².